The van der Waals surface area contributed by atoms with E-state index in [2.05, 4.69) is 15.1 Å². The molecule has 0 bridgehead atoms. The van der Waals surface area contributed by atoms with Crippen LogP contribution in [0, 0.1) is 5.82 Å². The van der Waals surface area contributed by atoms with Crippen molar-refractivity contribution in [2.45, 2.75) is 5.16 Å². The van der Waals surface area contributed by atoms with Crippen molar-refractivity contribution >= 4 is 17.7 Å². The highest BCUT2D eigenvalue weighted by atomic mass is 32.2. The van der Waals surface area contributed by atoms with E-state index in [1.54, 1.807) is 29.8 Å². The molecule has 4 rings (SSSR count). The lowest BCUT2D eigenvalue weighted by molar-refractivity contribution is -0.130. The molecule has 7 nitrogen and oxygen atoms in total. The lowest BCUT2D eigenvalue weighted by atomic mass is 10.2. The van der Waals surface area contributed by atoms with E-state index in [1.807, 2.05) is 35.2 Å². The normalized spacial score (nSPS) is 14.5. The molecule has 0 unspecified atom stereocenters. The summed E-state index contributed by atoms with van der Waals surface area (Å²) >= 11 is 1.32. The van der Waals surface area contributed by atoms with Gasteiger partial charge in [-0.25, -0.2) is 4.39 Å². The number of amides is 1. The number of benzene rings is 2. The van der Waals surface area contributed by atoms with Crippen molar-refractivity contribution in [3.05, 3.63) is 60.4 Å². The Hall–Kier alpha value is -2.91. The first-order valence-corrected chi connectivity index (χ1v) is 11.6. The van der Waals surface area contributed by atoms with Gasteiger partial charge in [0.2, 0.25) is 5.91 Å². The van der Waals surface area contributed by atoms with Gasteiger partial charge in [0.05, 0.1) is 11.3 Å². The number of piperazine rings is 1. The Morgan fingerprint density at radius 3 is 2.50 bits per heavy atom. The van der Waals surface area contributed by atoms with Crippen molar-refractivity contribution in [2.24, 2.45) is 7.05 Å². The largest absolute Gasteiger partial charge is 0.492 e. The van der Waals surface area contributed by atoms with E-state index < -0.39 is 0 Å². The quantitative estimate of drug-likeness (QED) is 0.487. The van der Waals surface area contributed by atoms with Crippen molar-refractivity contribution < 1.29 is 13.9 Å². The second-order valence-electron chi connectivity index (χ2n) is 7.52. The summed E-state index contributed by atoms with van der Waals surface area (Å²) in [5.41, 5.74) is 0.396. The molecule has 2 heterocycles. The van der Waals surface area contributed by atoms with Crippen LogP contribution in [0.1, 0.15) is 0 Å². The van der Waals surface area contributed by atoms with Crippen molar-refractivity contribution in [1.29, 1.82) is 0 Å². The maximum absolute atomic E-state index is 14.1. The number of thioether (sulfide) groups is 1. The summed E-state index contributed by atoms with van der Waals surface area (Å²) in [6.07, 6.45) is 0. The molecule has 0 atom stereocenters. The lowest BCUT2D eigenvalue weighted by Gasteiger charge is -2.34. The summed E-state index contributed by atoms with van der Waals surface area (Å²) in [4.78, 5) is 16.9. The number of hydrogen-bond acceptors (Lipinski definition) is 6. The molecule has 2 aromatic carbocycles. The third-order valence-electron chi connectivity index (χ3n) is 5.42. The molecule has 32 heavy (non-hydrogen) atoms. The molecule has 1 aliphatic rings. The Kier molecular flexibility index (Phi) is 7.39. The third-order valence-corrected chi connectivity index (χ3v) is 6.42. The highest BCUT2D eigenvalue weighted by Crippen LogP contribution is 2.24. The van der Waals surface area contributed by atoms with Gasteiger partial charge >= 0.3 is 0 Å². The maximum atomic E-state index is 14.1. The number of hydrogen-bond donors (Lipinski definition) is 0. The Morgan fingerprint density at radius 1 is 1.03 bits per heavy atom. The Labute approximate surface area is 191 Å². The van der Waals surface area contributed by atoms with Crippen LogP contribution in [-0.2, 0) is 11.8 Å². The van der Waals surface area contributed by atoms with Gasteiger partial charge < -0.3 is 14.2 Å². The molecular weight excluding hydrogens is 429 g/mol. The van der Waals surface area contributed by atoms with Gasteiger partial charge in [-0.2, -0.15) is 0 Å². The van der Waals surface area contributed by atoms with E-state index in [1.165, 1.54) is 17.8 Å². The summed E-state index contributed by atoms with van der Waals surface area (Å²) in [6, 6.07) is 16.2. The zero-order valence-electron chi connectivity index (χ0n) is 18.0. The molecule has 1 amide bonds. The van der Waals surface area contributed by atoms with E-state index in [9.17, 15) is 9.18 Å². The maximum Gasteiger partial charge on any atom is 0.233 e. The minimum Gasteiger partial charge on any atom is -0.492 e. The van der Waals surface area contributed by atoms with Crippen LogP contribution in [0.5, 0.6) is 5.75 Å². The van der Waals surface area contributed by atoms with Crippen LogP contribution in [0.25, 0.3) is 11.4 Å². The molecule has 1 fully saturated rings. The summed E-state index contributed by atoms with van der Waals surface area (Å²) in [5, 5.41) is 8.83. The number of aromatic nitrogens is 3. The molecular formula is C23H26FN5O2S. The van der Waals surface area contributed by atoms with E-state index >= 15 is 0 Å². The van der Waals surface area contributed by atoms with E-state index in [0.717, 1.165) is 25.4 Å². The highest BCUT2D eigenvalue weighted by molar-refractivity contribution is 7.99. The van der Waals surface area contributed by atoms with Gasteiger partial charge in [-0.05, 0) is 24.3 Å². The Bertz CT molecular complexity index is 1040. The van der Waals surface area contributed by atoms with Crippen LogP contribution in [0.15, 0.2) is 59.8 Å². The fraction of sp³-hybridized carbons (Fsp3) is 0.348. The summed E-state index contributed by atoms with van der Waals surface area (Å²) in [5.74, 6) is 1.33. The van der Waals surface area contributed by atoms with Crippen LogP contribution >= 0.6 is 11.8 Å². The number of halogens is 1. The molecule has 1 aromatic heterocycles. The average Bonchev–Trinajstić information content (AvgIpc) is 3.19. The second-order valence-corrected chi connectivity index (χ2v) is 8.46. The van der Waals surface area contributed by atoms with Crippen molar-refractivity contribution in [1.82, 2.24) is 24.6 Å². The second kappa shape index (κ2) is 10.6. The number of carbonyl (C=O) groups excluding carboxylic acids is 1. The Balaban J connectivity index is 1.21. The minimum absolute atomic E-state index is 0.0747. The van der Waals surface area contributed by atoms with Gasteiger partial charge in [-0.15, -0.1) is 10.2 Å². The molecule has 3 aromatic rings. The monoisotopic (exact) mass is 455 g/mol. The number of carbonyl (C=O) groups is 1. The van der Waals surface area contributed by atoms with Crippen molar-refractivity contribution in [3.8, 4) is 17.1 Å². The smallest absolute Gasteiger partial charge is 0.233 e. The van der Waals surface area contributed by atoms with Gasteiger partial charge in [0.15, 0.2) is 11.0 Å². The van der Waals surface area contributed by atoms with Crippen molar-refractivity contribution in [2.75, 3.05) is 45.1 Å². The first-order chi connectivity index (χ1) is 15.6. The predicted octanol–water partition coefficient (Wildman–Crippen LogP) is 2.94. The topological polar surface area (TPSA) is 63.5 Å². The lowest BCUT2D eigenvalue weighted by Crippen LogP contribution is -2.50. The average molecular weight is 456 g/mol. The molecule has 1 aliphatic heterocycles. The minimum atomic E-state index is -0.345. The van der Waals surface area contributed by atoms with Gasteiger partial charge in [-0.3, -0.25) is 9.69 Å². The number of nitrogens with zero attached hydrogens (tertiary/aromatic N) is 5. The molecule has 0 N–H and O–H groups in total. The van der Waals surface area contributed by atoms with Gasteiger partial charge in [0.1, 0.15) is 18.2 Å². The predicted molar refractivity (Wildman–Crippen MR) is 122 cm³/mol. The van der Waals surface area contributed by atoms with E-state index in [4.69, 9.17) is 4.74 Å². The summed E-state index contributed by atoms with van der Waals surface area (Å²) in [6.45, 7) is 4.52. The van der Waals surface area contributed by atoms with Gasteiger partial charge in [0.25, 0.3) is 0 Å². The van der Waals surface area contributed by atoms with Crippen LogP contribution < -0.4 is 4.74 Å². The molecule has 1 saturated heterocycles. The number of rotatable bonds is 8. The summed E-state index contributed by atoms with van der Waals surface area (Å²) < 4.78 is 21.5. The van der Waals surface area contributed by atoms with Crippen LogP contribution in [0.4, 0.5) is 4.39 Å². The van der Waals surface area contributed by atoms with Crippen LogP contribution in [0.2, 0.25) is 0 Å². The van der Waals surface area contributed by atoms with Crippen molar-refractivity contribution in [3.63, 3.8) is 0 Å². The van der Waals surface area contributed by atoms with E-state index in [-0.39, 0.29) is 17.5 Å². The molecule has 0 spiro atoms. The molecule has 0 aliphatic carbocycles. The van der Waals surface area contributed by atoms with Crippen LogP contribution in [0.3, 0.4) is 0 Å². The molecule has 168 valence electrons. The zero-order chi connectivity index (χ0) is 22.3. The first kappa shape index (κ1) is 22.3. The fourth-order valence-electron chi connectivity index (χ4n) is 3.57. The number of ether oxygens (including phenoxy) is 1. The zero-order valence-corrected chi connectivity index (χ0v) is 18.8. The molecule has 0 radical (unpaired) electrons. The van der Waals surface area contributed by atoms with Crippen LogP contribution in [-0.4, -0.2) is 75.6 Å². The third kappa shape index (κ3) is 5.46. The fourth-order valence-corrected chi connectivity index (χ4v) is 4.38. The van der Waals surface area contributed by atoms with E-state index in [0.29, 0.717) is 36.2 Å². The SMILES string of the molecule is Cn1c(SCC(=O)N2CCN(CCOc3ccccc3)CC2)nnc1-c1ccccc1F. The molecule has 9 heteroatoms. The standard InChI is InChI=1S/C23H26FN5O2S/c1-27-22(19-9-5-6-10-20(19)24)25-26-23(27)32-17-21(30)29-13-11-28(12-14-29)15-16-31-18-7-3-2-4-8-18/h2-10H,11-17H2,1H3. The number of para-hydroxylation sites is 1. The summed E-state index contributed by atoms with van der Waals surface area (Å²) in [7, 11) is 1.78. The first-order valence-electron chi connectivity index (χ1n) is 10.6. The molecule has 0 saturated carbocycles. The Morgan fingerprint density at radius 2 is 1.75 bits per heavy atom. The van der Waals surface area contributed by atoms with Gasteiger partial charge in [-0.1, -0.05) is 42.1 Å². The highest BCUT2D eigenvalue weighted by Gasteiger charge is 2.22. The van der Waals surface area contributed by atoms with Gasteiger partial charge in [0, 0.05) is 39.8 Å².